The summed E-state index contributed by atoms with van der Waals surface area (Å²) in [7, 11) is 0. The van der Waals surface area contributed by atoms with Crippen molar-refractivity contribution >= 4 is 11.8 Å². The van der Waals surface area contributed by atoms with Gasteiger partial charge in [0.2, 0.25) is 0 Å². The highest BCUT2D eigenvalue weighted by Crippen LogP contribution is 2.64. The second kappa shape index (κ2) is 6.78. The van der Waals surface area contributed by atoms with Gasteiger partial charge in [-0.05, 0) is 73.8 Å². The van der Waals surface area contributed by atoms with E-state index in [9.17, 15) is 9.59 Å². The Labute approximate surface area is 173 Å². The predicted molar refractivity (Wildman–Crippen MR) is 110 cm³/mol. The van der Waals surface area contributed by atoms with Crippen molar-refractivity contribution in [2.75, 3.05) is 0 Å². The average molecular weight is 394 g/mol. The summed E-state index contributed by atoms with van der Waals surface area (Å²) in [6.07, 6.45) is 12.0. The van der Waals surface area contributed by atoms with E-state index in [4.69, 9.17) is 4.74 Å². The molecule has 1 aromatic rings. The van der Waals surface area contributed by atoms with E-state index in [1.165, 1.54) is 5.57 Å². The molecule has 4 heteroatoms. The number of allylic oxidation sites excluding steroid dienone is 1. The molecule has 0 saturated heterocycles. The van der Waals surface area contributed by atoms with Gasteiger partial charge in [-0.15, -0.1) is 0 Å². The van der Waals surface area contributed by atoms with Crippen molar-refractivity contribution in [1.82, 2.24) is 4.98 Å². The number of nitrogens with zero attached hydrogens (tertiary/aromatic N) is 1. The topological polar surface area (TPSA) is 56.3 Å². The second-order valence-electron chi connectivity index (χ2n) is 10.2. The van der Waals surface area contributed by atoms with E-state index < -0.39 is 0 Å². The molecule has 0 spiro atoms. The van der Waals surface area contributed by atoms with Crippen molar-refractivity contribution in [1.29, 1.82) is 0 Å². The number of ether oxygens (including phenoxy) is 1. The van der Waals surface area contributed by atoms with Crippen molar-refractivity contribution in [2.24, 2.45) is 28.6 Å². The number of ketones is 1. The van der Waals surface area contributed by atoms with Crippen molar-refractivity contribution in [2.45, 2.75) is 71.3 Å². The Balaban J connectivity index is 1.33. The number of aromatic nitrogens is 1. The van der Waals surface area contributed by atoms with Gasteiger partial charge in [0.1, 0.15) is 17.6 Å². The van der Waals surface area contributed by atoms with Gasteiger partial charge in [-0.1, -0.05) is 31.6 Å². The normalized spacial score (nSPS) is 41.0. The summed E-state index contributed by atoms with van der Waals surface area (Å²) in [5.74, 6) is 2.06. The lowest BCUT2D eigenvalue weighted by Crippen LogP contribution is -2.50. The summed E-state index contributed by atoms with van der Waals surface area (Å²) in [6, 6.07) is 5.33. The lowest BCUT2D eigenvalue weighted by Gasteiger charge is -2.56. The van der Waals surface area contributed by atoms with Gasteiger partial charge in [0.15, 0.2) is 0 Å². The van der Waals surface area contributed by atoms with E-state index in [0.717, 1.165) is 51.4 Å². The van der Waals surface area contributed by atoms with Crippen LogP contribution in [0.1, 0.15) is 75.7 Å². The zero-order valence-electron chi connectivity index (χ0n) is 17.5. The molecule has 0 amide bonds. The van der Waals surface area contributed by atoms with Crippen LogP contribution < -0.4 is 0 Å². The molecular formula is C25H31NO3. The van der Waals surface area contributed by atoms with E-state index in [1.54, 1.807) is 18.3 Å². The Morgan fingerprint density at radius 2 is 1.90 bits per heavy atom. The quantitative estimate of drug-likeness (QED) is 0.516. The van der Waals surface area contributed by atoms with E-state index >= 15 is 0 Å². The first-order valence-electron chi connectivity index (χ1n) is 11.3. The third kappa shape index (κ3) is 2.90. The van der Waals surface area contributed by atoms with Crippen molar-refractivity contribution in [3.8, 4) is 0 Å². The summed E-state index contributed by atoms with van der Waals surface area (Å²) < 4.78 is 5.82. The Kier molecular flexibility index (Phi) is 4.45. The van der Waals surface area contributed by atoms with Gasteiger partial charge in [0.25, 0.3) is 0 Å². The SMILES string of the molecule is C[C@]12CC[C@H](OC(=O)c3ccccn3)CC1=CC[C@@H]1[C@@H]2CC[C@]2(C)C(=O)CC[C@@H]12. The summed E-state index contributed by atoms with van der Waals surface area (Å²) >= 11 is 0. The van der Waals surface area contributed by atoms with E-state index in [-0.39, 0.29) is 22.9 Å². The van der Waals surface area contributed by atoms with Crippen LogP contribution in [0.4, 0.5) is 0 Å². The summed E-state index contributed by atoms with van der Waals surface area (Å²) in [6.45, 7) is 4.67. The molecule has 29 heavy (non-hydrogen) atoms. The molecule has 1 aromatic heterocycles. The number of rotatable bonds is 2. The van der Waals surface area contributed by atoms with Gasteiger partial charge in [-0.25, -0.2) is 9.78 Å². The minimum absolute atomic E-state index is 0.0534. The van der Waals surface area contributed by atoms with Gasteiger partial charge >= 0.3 is 5.97 Å². The van der Waals surface area contributed by atoms with E-state index in [0.29, 0.717) is 29.2 Å². The lowest BCUT2D eigenvalue weighted by atomic mass is 9.48. The molecule has 4 nitrogen and oxygen atoms in total. The molecule has 6 atom stereocenters. The summed E-state index contributed by atoms with van der Waals surface area (Å²) in [5, 5.41) is 0. The van der Waals surface area contributed by atoms with Gasteiger partial charge in [0, 0.05) is 24.5 Å². The third-order valence-corrected chi connectivity index (χ3v) is 8.92. The zero-order chi connectivity index (χ0) is 20.2. The molecule has 1 heterocycles. The van der Waals surface area contributed by atoms with E-state index in [2.05, 4.69) is 24.9 Å². The Morgan fingerprint density at radius 1 is 1.10 bits per heavy atom. The van der Waals surface area contributed by atoms with Crippen LogP contribution in [0, 0.1) is 28.6 Å². The van der Waals surface area contributed by atoms with Gasteiger partial charge in [-0.2, -0.15) is 0 Å². The molecule has 0 N–H and O–H groups in total. The molecule has 0 aliphatic heterocycles. The molecule has 4 aliphatic carbocycles. The summed E-state index contributed by atoms with van der Waals surface area (Å²) in [4.78, 5) is 29.1. The molecule has 0 aromatic carbocycles. The molecule has 3 saturated carbocycles. The van der Waals surface area contributed by atoms with Crippen LogP contribution >= 0.6 is 0 Å². The lowest BCUT2D eigenvalue weighted by molar-refractivity contribution is -0.132. The maximum atomic E-state index is 12.6. The highest BCUT2D eigenvalue weighted by molar-refractivity contribution is 5.87. The monoisotopic (exact) mass is 393 g/mol. The Morgan fingerprint density at radius 3 is 2.69 bits per heavy atom. The maximum Gasteiger partial charge on any atom is 0.357 e. The number of carbonyl (C=O) groups is 2. The minimum atomic E-state index is -0.314. The van der Waals surface area contributed by atoms with Gasteiger partial charge in [0.05, 0.1) is 0 Å². The first-order valence-corrected chi connectivity index (χ1v) is 11.3. The van der Waals surface area contributed by atoms with Crippen LogP contribution in [0.3, 0.4) is 0 Å². The van der Waals surface area contributed by atoms with Gasteiger partial charge < -0.3 is 4.74 Å². The molecular weight excluding hydrogens is 362 g/mol. The molecule has 5 rings (SSSR count). The minimum Gasteiger partial charge on any atom is -0.457 e. The fourth-order valence-corrected chi connectivity index (χ4v) is 7.19. The molecule has 0 unspecified atom stereocenters. The third-order valence-electron chi connectivity index (χ3n) is 8.92. The average Bonchev–Trinajstić information content (AvgIpc) is 3.03. The predicted octanol–water partition coefficient (Wildman–Crippen LogP) is 5.14. The van der Waals surface area contributed by atoms with Crippen LogP contribution in [0.2, 0.25) is 0 Å². The highest BCUT2D eigenvalue weighted by atomic mass is 16.5. The van der Waals surface area contributed by atoms with Crippen molar-refractivity contribution in [3.63, 3.8) is 0 Å². The Hall–Kier alpha value is -1.97. The highest BCUT2D eigenvalue weighted by Gasteiger charge is 2.58. The smallest absolute Gasteiger partial charge is 0.357 e. The molecule has 0 radical (unpaired) electrons. The first kappa shape index (κ1) is 19.0. The van der Waals surface area contributed by atoms with Crippen molar-refractivity contribution in [3.05, 3.63) is 41.7 Å². The van der Waals surface area contributed by atoms with Crippen LogP contribution in [0.15, 0.2) is 36.0 Å². The number of fused-ring (bicyclic) bond motifs is 5. The number of Topliss-reactive ketones (excluding diaryl/α,β-unsaturated/α-hetero) is 1. The molecule has 3 fully saturated rings. The number of esters is 1. The first-order chi connectivity index (χ1) is 13.9. The Bertz CT molecular complexity index is 862. The zero-order valence-corrected chi connectivity index (χ0v) is 17.5. The fourth-order valence-electron chi connectivity index (χ4n) is 7.19. The fraction of sp³-hybridized carbons (Fsp3) is 0.640. The van der Waals surface area contributed by atoms with E-state index in [1.807, 2.05) is 6.07 Å². The number of carbonyl (C=O) groups excluding carboxylic acids is 2. The summed E-state index contributed by atoms with van der Waals surface area (Å²) in [5.41, 5.74) is 2.00. The van der Waals surface area contributed by atoms with Crippen LogP contribution in [0.5, 0.6) is 0 Å². The van der Waals surface area contributed by atoms with Crippen LogP contribution in [0.25, 0.3) is 0 Å². The maximum absolute atomic E-state index is 12.6. The second-order valence-corrected chi connectivity index (χ2v) is 10.2. The number of hydrogen-bond donors (Lipinski definition) is 0. The van der Waals surface area contributed by atoms with Crippen molar-refractivity contribution < 1.29 is 14.3 Å². The largest absolute Gasteiger partial charge is 0.457 e. The molecule has 154 valence electrons. The standard InChI is InChI=1S/C25H31NO3/c1-24-12-10-17(29-23(28)21-5-3-4-14-26-21)15-16(24)6-7-18-19-8-9-22(27)25(19,2)13-11-20(18)24/h3-6,14,17-20H,7-13,15H2,1-2H3/t17-,18-,19-,20-,24-,25-/m0/s1. The van der Waals surface area contributed by atoms with Crippen LogP contribution in [-0.2, 0) is 9.53 Å². The number of pyridine rings is 1. The van der Waals surface area contributed by atoms with Gasteiger partial charge in [-0.3, -0.25) is 4.79 Å². The molecule has 4 aliphatic rings. The van der Waals surface area contributed by atoms with Crippen LogP contribution in [-0.4, -0.2) is 22.8 Å². The number of hydrogen-bond acceptors (Lipinski definition) is 4. The molecule has 0 bridgehead atoms.